The Hall–Kier alpha value is -1.26. The molecular formula is C17H25ClN2O2. The van der Waals surface area contributed by atoms with Gasteiger partial charge in [-0.2, -0.15) is 0 Å². The van der Waals surface area contributed by atoms with Crippen molar-refractivity contribution in [2.75, 3.05) is 33.3 Å². The number of halogens is 1. The number of hydrogen-bond acceptors (Lipinski definition) is 3. The van der Waals surface area contributed by atoms with Crippen LogP contribution < -0.4 is 10.1 Å². The van der Waals surface area contributed by atoms with Crippen LogP contribution in [0.4, 0.5) is 0 Å². The van der Waals surface area contributed by atoms with Crippen LogP contribution in [0, 0.1) is 5.92 Å². The smallest absolute Gasteiger partial charge is 0.224 e. The van der Waals surface area contributed by atoms with E-state index in [2.05, 4.69) is 17.1 Å². The number of ether oxygens (including phenoxy) is 1. The molecule has 1 aliphatic rings. The van der Waals surface area contributed by atoms with Crippen molar-refractivity contribution >= 4 is 17.5 Å². The van der Waals surface area contributed by atoms with Gasteiger partial charge in [-0.25, -0.2) is 0 Å². The lowest BCUT2D eigenvalue weighted by molar-refractivity contribution is -0.120. The summed E-state index contributed by atoms with van der Waals surface area (Å²) in [5.41, 5.74) is 0.753. The summed E-state index contributed by atoms with van der Waals surface area (Å²) >= 11 is 6.17. The number of carbonyl (C=O) groups excluding carboxylic acids is 1. The SMILES string of the molecule is CCN1CCC[C@H](CNC(=O)Cc2c(Cl)cccc2OC)C1. The van der Waals surface area contributed by atoms with Crippen LogP contribution in [0.2, 0.25) is 5.02 Å². The Labute approximate surface area is 137 Å². The van der Waals surface area contributed by atoms with Crippen LogP contribution in [-0.4, -0.2) is 44.1 Å². The molecule has 0 unspecified atom stereocenters. The molecule has 0 spiro atoms. The minimum absolute atomic E-state index is 0.0000203. The van der Waals surface area contributed by atoms with E-state index in [0.29, 0.717) is 16.7 Å². The molecule has 0 aromatic heterocycles. The molecule has 1 aromatic carbocycles. The van der Waals surface area contributed by atoms with Gasteiger partial charge in [0, 0.05) is 23.7 Å². The van der Waals surface area contributed by atoms with Crippen LogP contribution >= 0.6 is 11.6 Å². The second kappa shape index (κ2) is 8.39. The summed E-state index contributed by atoms with van der Waals surface area (Å²) in [7, 11) is 1.59. The average Bonchev–Trinajstić information content (AvgIpc) is 2.55. The van der Waals surface area contributed by atoms with Crippen molar-refractivity contribution in [3.63, 3.8) is 0 Å². The predicted octanol–water partition coefficient (Wildman–Crippen LogP) is 2.74. The summed E-state index contributed by atoms with van der Waals surface area (Å²) in [5, 5.41) is 3.62. The highest BCUT2D eigenvalue weighted by Crippen LogP contribution is 2.26. The first-order valence-electron chi connectivity index (χ1n) is 7.94. The largest absolute Gasteiger partial charge is 0.496 e. The molecule has 4 nitrogen and oxygen atoms in total. The van der Waals surface area contributed by atoms with Gasteiger partial charge in [0.05, 0.1) is 13.5 Å². The molecule has 0 aliphatic carbocycles. The van der Waals surface area contributed by atoms with Crippen LogP contribution in [0.3, 0.4) is 0 Å². The third-order valence-corrected chi connectivity index (χ3v) is 4.63. The number of rotatable bonds is 6. The van der Waals surface area contributed by atoms with Gasteiger partial charge in [0.15, 0.2) is 0 Å². The van der Waals surface area contributed by atoms with Crippen molar-refractivity contribution in [3.05, 3.63) is 28.8 Å². The maximum atomic E-state index is 12.2. The van der Waals surface area contributed by atoms with Crippen LogP contribution in [0.25, 0.3) is 0 Å². The predicted molar refractivity (Wildman–Crippen MR) is 89.6 cm³/mol. The number of amides is 1. The first-order chi connectivity index (χ1) is 10.6. The molecule has 0 saturated carbocycles. The zero-order chi connectivity index (χ0) is 15.9. The van der Waals surface area contributed by atoms with Crippen molar-refractivity contribution < 1.29 is 9.53 Å². The fourth-order valence-corrected chi connectivity index (χ4v) is 3.22. The van der Waals surface area contributed by atoms with E-state index in [1.54, 1.807) is 13.2 Å². The first-order valence-corrected chi connectivity index (χ1v) is 8.32. The second-order valence-corrected chi connectivity index (χ2v) is 6.21. The minimum atomic E-state index is 0.0000203. The zero-order valence-corrected chi connectivity index (χ0v) is 14.2. The quantitative estimate of drug-likeness (QED) is 0.875. The maximum Gasteiger partial charge on any atom is 0.224 e. The van der Waals surface area contributed by atoms with E-state index >= 15 is 0 Å². The lowest BCUT2D eigenvalue weighted by atomic mass is 9.98. The van der Waals surface area contributed by atoms with E-state index in [-0.39, 0.29) is 12.3 Å². The van der Waals surface area contributed by atoms with Crippen molar-refractivity contribution in [1.29, 1.82) is 0 Å². The lowest BCUT2D eigenvalue weighted by Crippen LogP contribution is -2.41. The van der Waals surface area contributed by atoms with E-state index in [0.717, 1.165) is 25.2 Å². The topological polar surface area (TPSA) is 41.6 Å². The lowest BCUT2D eigenvalue weighted by Gasteiger charge is -2.31. The van der Waals surface area contributed by atoms with Crippen molar-refractivity contribution in [3.8, 4) is 5.75 Å². The Bertz CT molecular complexity index is 507. The van der Waals surface area contributed by atoms with E-state index in [9.17, 15) is 4.79 Å². The minimum Gasteiger partial charge on any atom is -0.496 e. The first kappa shape index (κ1) is 17.1. The van der Waals surface area contributed by atoms with Gasteiger partial charge in [-0.15, -0.1) is 0 Å². The molecule has 1 fully saturated rings. The molecule has 5 heteroatoms. The fraction of sp³-hybridized carbons (Fsp3) is 0.588. The molecule has 1 aromatic rings. The van der Waals surface area contributed by atoms with Crippen LogP contribution in [-0.2, 0) is 11.2 Å². The van der Waals surface area contributed by atoms with E-state index in [1.165, 1.54) is 19.4 Å². The number of piperidine rings is 1. The van der Waals surface area contributed by atoms with Gasteiger partial charge in [0.2, 0.25) is 5.91 Å². The molecule has 1 atom stereocenters. The Morgan fingerprint density at radius 3 is 3.05 bits per heavy atom. The molecule has 2 rings (SSSR count). The van der Waals surface area contributed by atoms with Gasteiger partial charge >= 0.3 is 0 Å². The molecule has 0 bridgehead atoms. The summed E-state index contributed by atoms with van der Waals surface area (Å²) in [4.78, 5) is 14.6. The molecule has 22 heavy (non-hydrogen) atoms. The summed E-state index contributed by atoms with van der Waals surface area (Å²) in [5.74, 6) is 1.21. The highest BCUT2D eigenvalue weighted by atomic mass is 35.5. The van der Waals surface area contributed by atoms with Gasteiger partial charge in [0.1, 0.15) is 5.75 Å². The van der Waals surface area contributed by atoms with Gasteiger partial charge in [-0.3, -0.25) is 4.79 Å². The van der Waals surface area contributed by atoms with E-state index in [1.807, 2.05) is 12.1 Å². The monoisotopic (exact) mass is 324 g/mol. The molecular weight excluding hydrogens is 300 g/mol. The molecule has 122 valence electrons. The van der Waals surface area contributed by atoms with Crippen molar-refractivity contribution in [1.82, 2.24) is 10.2 Å². The number of hydrogen-bond donors (Lipinski definition) is 1. The number of nitrogens with zero attached hydrogens (tertiary/aromatic N) is 1. The second-order valence-electron chi connectivity index (χ2n) is 5.80. The molecule has 1 aliphatic heterocycles. The Balaban J connectivity index is 1.86. The van der Waals surface area contributed by atoms with Gasteiger partial charge in [-0.05, 0) is 44.0 Å². The maximum absolute atomic E-state index is 12.2. The normalized spacial score (nSPS) is 19.0. The van der Waals surface area contributed by atoms with Gasteiger partial charge < -0.3 is 15.0 Å². The van der Waals surface area contributed by atoms with Crippen molar-refractivity contribution in [2.24, 2.45) is 5.92 Å². The number of nitrogens with one attached hydrogen (secondary N) is 1. The van der Waals surface area contributed by atoms with E-state index in [4.69, 9.17) is 16.3 Å². The highest BCUT2D eigenvalue weighted by Gasteiger charge is 2.19. The number of carbonyl (C=O) groups is 1. The number of likely N-dealkylation sites (tertiary alicyclic amines) is 1. The summed E-state index contributed by atoms with van der Waals surface area (Å²) in [6.45, 7) is 6.26. The Morgan fingerprint density at radius 1 is 1.50 bits per heavy atom. The summed E-state index contributed by atoms with van der Waals surface area (Å²) < 4.78 is 5.28. The van der Waals surface area contributed by atoms with E-state index < -0.39 is 0 Å². The van der Waals surface area contributed by atoms with Gasteiger partial charge in [-0.1, -0.05) is 24.6 Å². The average molecular weight is 325 g/mol. The third-order valence-electron chi connectivity index (χ3n) is 4.27. The van der Waals surface area contributed by atoms with Gasteiger partial charge in [0.25, 0.3) is 0 Å². The molecule has 1 amide bonds. The third kappa shape index (κ3) is 4.62. The summed E-state index contributed by atoms with van der Waals surface area (Å²) in [6, 6.07) is 5.44. The molecule has 1 heterocycles. The Kier molecular flexibility index (Phi) is 6.52. The fourth-order valence-electron chi connectivity index (χ4n) is 2.99. The number of benzene rings is 1. The molecule has 1 saturated heterocycles. The number of methoxy groups -OCH3 is 1. The summed E-state index contributed by atoms with van der Waals surface area (Å²) in [6.07, 6.45) is 2.66. The Morgan fingerprint density at radius 2 is 2.32 bits per heavy atom. The zero-order valence-electron chi connectivity index (χ0n) is 13.4. The van der Waals surface area contributed by atoms with Crippen molar-refractivity contribution in [2.45, 2.75) is 26.2 Å². The van der Waals surface area contributed by atoms with Crippen LogP contribution in [0.15, 0.2) is 18.2 Å². The standard InChI is InChI=1S/C17H25ClN2O2/c1-3-20-9-5-6-13(12-20)11-19-17(21)10-14-15(18)7-4-8-16(14)22-2/h4,7-8,13H,3,5-6,9-12H2,1-2H3,(H,19,21)/t13-/m1/s1. The highest BCUT2D eigenvalue weighted by molar-refractivity contribution is 6.31. The molecule has 0 radical (unpaired) electrons. The van der Waals surface area contributed by atoms with Crippen LogP contribution in [0.5, 0.6) is 5.75 Å². The van der Waals surface area contributed by atoms with Crippen LogP contribution in [0.1, 0.15) is 25.3 Å². The molecule has 1 N–H and O–H groups in total.